The van der Waals surface area contributed by atoms with Crippen molar-refractivity contribution in [2.45, 2.75) is 24.3 Å². The SMILES string of the molecule is C[C@H]1Cc2ccccc2N1C(=O)CN(c1ccc2c(c1)OCCO2)S(=O)(=O)c1ccccc1. The fourth-order valence-corrected chi connectivity index (χ4v) is 5.79. The number of anilines is 2. The van der Waals surface area contributed by atoms with E-state index in [4.69, 9.17) is 9.47 Å². The number of benzene rings is 3. The molecule has 0 fully saturated rings. The molecule has 1 atom stereocenters. The van der Waals surface area contributed by atoms with Gasteiger partial charge in [-0.3, -0.25) is 9.10 Å². The molecular formula is C25H24N2O5S. The van der Waals surface area contributed by atoms with Gasteiger partial charge in [0.15, 0.2) is 11.5 Å². The lowest BCUT2D eigenvalue weighted by atomic mass is 10.1. The lowest BCUT2D eigenvalue weighted by molar-refractivity contribution is -0.117. The van der Waals surface area contributed by atoms with E-state index < -0.39 is 10.0 Å². The van der Waals surface area contributed by atoms with Crippen molar-refractivity contribution >= 4 is 27.3 Å². The number of rotatable bonds is 5. The fourth-order valence-electron chi connectivity index (χ4n) is 4.37. The minimum Gasteiger partial charge on any atom is -0.486 e. The smallest absolute Gasteiger partial charge is 0.264 e. The highest BCUT2D eigenvalue weighted by molar-refractivity contribution is 7.92. The van der Waals surface area contributed by atoms with Crippen LogP contribution in [0.15, 0.2) is 77.7 Å². The molecule has 0 N–H and O–H groups in total. The van der Waals surface area contributed by atoms with E-state index in [2.05, 4.69) is 0 Å². The predicted molar refractivity (Wildman–Crippen MR) is 125 cm³/mol. The monoisotopic (exact) mass is 464 g/mol. The van der Waals surface area contributed by atoms with Crippen LogP contribution in [-0.4, -0.2) is 40.1 Å². The molecule has 0 saturated heterocycles. The van der Waals surface area contributed by atoms with Crippen LogP contribution in [0.25, 0.3) is 0 Å². The van der Waals surface area contributed by atoms with Gasteiger partial charge in [-0.2, -0.15) is 0 Å². The normalized spacial score (nSPS) is 16.9. The molecule has 0 unspecified atom stereocenters. The summed E-state index contributed by atoms with van der Waals surface area (Å²) in [4.78, 5) is 15.3. The summed E-state index contributed by atoms with van der Waals surface area (Å²) in [6.45, 7) is 2.44. The zero-order valence-corrected chi connectivity index (χ0v) is 19.0. The van der Waals surface area contributed by atoms with Crippen molar-refractivity contribution in [3.8, 4) is 11.5 Å². The van der Waals surface area contributed by atoms with E-state index in [0.29, 0.717) is 30.4 Å². The molecule has 0 bridgehead atoms. The van der Waals surface area contributed by atoms with Gasteiger partial charge in [0.25, 0.3) is 10.0 Å². The van der Waals surface area contributed by atoms with Crippen LogP contribution < -0.4 is 18.7 Å². The molecule has 0 radical (unpaired) electrons. The summed E-state index contributed by atoms with van der Waals surface area (Å²) in [6, 6.07) is 20.7. The van der Waals surface area contributed by atoms with E-state index in [1.165, 1.54) is 12.1 Å². The Morgan fingerprint density at radius 1 is 0.970 bits per heavy atom. The summed E-state index contributed by atoms with van der Waals surface area (Å²) in [5.74, 6) is 0.719. The van der Waals surface area contributed by atoms with E-state index in [1.54, 1.807) is 41.3 Å². The van der Waals surface area contributed by atoms with Crippen molar-refractivity contribution in [3.05, 3.63) is 78.4 Å². The Hall–Kier alpha value is -3.52. The molecule has 2 heterocycles. The third kappa shape index (κ3) is 3.91. The lowest BCUT2D eigenvalue weighted by Gasteiger charge is -2.29. The standard InChI is InChI=1S/C25H24N2O5S/c1-18-15-19-7-5-6-10-22(19)27(18)25(28)17-26(33(29,30)21-8-3-2-4-9-21)20-11-12-23-24(16-20)32-14-13-31-23/h2-12,16,18H,13-15,17H2,1H3/t18-/m0/s1. The van der Waals surface area contributed by atoms with Crippen LogP contribution >= 0.6 is 0 Å². The van der Waals surface area contributed by atoms with Crippen LogP contribution in [0.1, 0.15) is 12.5 Å². The van der Waals surface area contributed by atoms with Crippen LogP contribution in [0, 0.1) is 0 Å². The largest absolute Gasteiger partial charge is 0.486 e. The number of hydrogen-bond donors (Lipinski definition) is 0. The second-order valence-corrected chi connectivity index (χ2v) is 9.96. The Balaban J connectivity index is 1.54. The average molecular weight is 465 g/mol. The van der Waals surface area contributed by atoms with Gasteiger partial charge in [0.1, 0.15) is 19.8 Å². The molecular weight excluding hydrogens is 440 g/mol. The molecule has 2 aliphatic rings. The summed E-state index contributed by atoms with van der Waals surface area (Å²) < 4.78 is 39.7. The molecule has 0 aromatic heterocycles. The highest BCUT2D eigenvalue weighted by atomic mass is 32.2. The number of nitrogens with zero attached hydrogens (tertiary/aromatic N) is 2. The first-order chi connectivity index (χ1) is 15.9. The van der Waals surface area contributed by atoms with E-state index in [1.807, 2.05) is 31.2 Å². The van der Waals surface area contributed by atoms with Crippen LogP contribution in [0.4, 0.5) is 11.4 Å². The Kier molecular flexibility index (Phi) is 5.46. The number of para-hydroxylation sites is 1. The van der Waals surface area contributed by atoms with Gasteiger partial charge >= 0.3 is 0 Å². The number of fused-ring (bicyclic) bond motifs is 2. The topological polar surface area (TPSA) is 76.2 Å². The van der Waals surface area contributed by atoms with Gasteiger partial charge in [-0.05, 0) is 49.2 Å². The summed E-state index contributed by atoms with van der Waals surface area (Å²) in [5, 5.41) is 0. The van der Waals surface area contributed by atoms with E-state index in [-0.39, 0.29) is 23.4 Å². The molecule has 8 heteroatoms. The molecule has 33 heavy (non-hydrogen) atoms. The number of ether oxygens (including phenoxy) is 2. The molecule has 2 aliphatic heterocycles. The third-order valence-corrected chi connectivity index (χ3v) is 7.69. The first-order valence-corrected chi connectivity index (χ1v) is 12.3. The van der Waals surface area contributed by atoms with Gasteiger partial charge in [-0.1, -0.05) is 36.4 Å². The fraction of sp³-hybridized carbons (Fsp3) is 0.240. The van der Waals surface area contributed by atoms with E-state index in [9.17, 15) is 13.2 Å². The summed E-state index contributed by atoms with van der Waals surface area (Å²) in [6.07, 6.45) is 0.734. The van der Waals surface area contributed by atoms with Crippen molar-refractivity contribution in [2.75, 3.05) is 29.0 Å². The average Bonchev–Trinajstić information content (AvgIpc) is 3.18. The molecule has 170 valence electrons. The Morgan fingerprint density at radius 3 is 2.45 bits per heavy atom. The van der Waals surface area contributed by atoms with E-state index >= 15 is 0 Å². The maximum atomic E-state index is 13.7. The zero-order chi connectivity index (χ0) is 23.0. The lowest BCUT2D eigenvalue weighted by Crippen LogP contribution is -2.45. The van der Waals surface area contributed by atoms with Crippen LogP contribution in [-0.2, 0) is 21.2 Å². The van der Waals surface area contributed by atoms with E-state index in [0.717, 1.165) is 22.0 Å². The molecule has 5 rings (SSSR count). The Morgan fingerprint density at radius 2 is 1.67 bits per heavy atom. The predicted octanol–water partition coefficient (Wildman–Crippen LogP) is 3.63. The Labute approximate surface area is 193 Å². The van der Waals surface area contributed by atoms with Crippen molar-refractivity contribution in [2.24, 2.45) is 0 Å². The highest BCUT2D eigenvalue weighted by Crippen LogP contribution is 2.37. The van der Waals surface area contributed by atoms with Crippen molar-refractivity contribution in [1.29, 1.82) is 0 Å². The third-order valence-electron chi connectivity index (χ3n) is 5.90. The van der Waals surface area contributed by atoms with Crippen LogP contribution in [0.5, 0.6) is 11.5 Å². The summed E-state index contributed by atoms with van der Waals surface area (Å²) in [5.41, 5.74) is 2.25. The number of hydrogen-bond acceptors (Lipinski definition) is 5. The number of sulfonamides is 1. The first kappa shape index (κ1) is 21.3. The minimum absolute atomic E-state index is 0.0588. The van der Waals surface area contributed by atoms with Gasteiger partial charge in [-0.25, -0.2) is 8.42 Å². The van der Waals surface area contributed by atoms with Crippen molar-refractivity contribution in [1.82, 2.24) is 0 Å². The number of carbonyl (C=O) groups is 1. The summed E-state index contributed by atoms with van der Waals surface area (Å²) >= 11 is 0. The molecule has 0 aliphatic carbocycles. The molecule has 0 spiro atoms. The van der Waals surface area contributed by atoms with Gasteiger partial charge in [0.2, 0.25) is 5.91 Å². The maximum Gasteiger partial charge on any atom is 0.264 e. The molecule has 3 aromatic rings. The van der Waals surface area contributed by atoms with Gasteiger partial charge < -0.3 is 14.4 Å². The van der Waals surface area contributed by atoms with Crippen LogP contribution in [0.2, 0.25) is 0 Å². The summed E-state index contributed by atoms with van der Waals surface area (Å²) in [7, 11) is -4.01. The number of amides is 1. The first-order valence-electron chi connectivity index (χ1n) is 10.8. The zero-order valence-electron chi connectivity index (χ0n) is 18.2. The van der Waals surface area contributed by atoms with Crippen molar-refractivity contribution < 1.29 is 22.7 Å². The minimum atomic E-state index is -4.01. The molecule has 3 aromatic carbocycles. The van der Waals surface area contributed by atoms with Crippen LogP contribution in [0.3, 0.4) is 0 Å². The Bertz CT molecular complexity index is 1290. The second kappa shape index (κ2) is 8.44. The quantitative estimate of drug-likeness (QED) is 0.576. The van der Waals surface area contributed by atoms with Gasteiger partial charge in [0.05, 0.1) is 10.6 Å². The highest BCUT2D eigenvalue weighted by Gasteiger charge is 2.35. The van der Waals surface area contributed by atoms with Gasteiger partial charge in [0, 0.05) is 17.8 Å². The second-order valence-electron chi connectivity index (χ2n) is 8.10. The molecule has 7 nitrogen and oxygen atoms in total. The maximum absolute atomic E-state index is 13.7. The number of carbonyl (C=O) groups excluding carboxylic acids is 1. The van der Waals surface area contributed by atoms with Crippen molar-refractivity contribution in [3.63, 3.8) is 0 Å². The molecule has 0 saturated carbocycles. The van der Waals surface area contributed by atoms with Gasteiger partial charge in [-0.15, -0.1) is 0 Å². The molecule has 1 amide bonds.